The maximum Gasteiger partial charge on any atom is 0.338 e. The molecule has 0 fully saturated rings. The van der Waals surface area contributed by atoms with Crippen molar-refractivity contribution in [1.29, 1.82) is 0 Å². The summed E-state index contributed by atoms with van der Waals surface area (Å²) in [5.74, 6) is 0.589. The molecular formula is C15H16ClNO2S. The highest BCUT2D eigenvalue weighted by atomic mass is 35.5. The Labute approximate surface area is 129 Å². The summed E-state index contributed by atoms with van der Waals surface area (Å²) < 4.78 is 4.78. The third kappa shape index (κ3) is 4.54. The molecule has 0 spiro atoms. The second-order valence-electron chi connectivity index (χ2n) is 3.91. The molecular weight excluding hydrogens is 294 g/mol. The molecule has 0 atom stereocenters. The number of pyridine rings is 1. The molecule has 0 N–H and O–H groups in total. The van der Waals surface area contributed by atoms with E-state index in [4.69, 9.17) is 4.74 Å². The molecule has 0 bridgehead atoms. The highest BCUT2D eigenvalue weighted by molar-refractivity contribution is 7.99. The monoisotopic (exact) mass is 309 g/mol. The van der Waals surface area contributed by atoms with Crippen molar-refractivity contribution >= 4 is 30.1 Å². The van der Waals surface area contributed by atoms with Crippen molar-refractivity contribution < 1.29 is 9.53 Å². The molecule has 3 nitrogen and oxygen atoms in total. The number of methoxy groups -OCH3 is 1. The van der Waals surface area contributed by atoms with Gasteiger partial charge in [-0.15, -0.1) is 24.2 Å². The van der Waals surface area contributed by atoms with Gasteiger partial charge >= 0.3 is 5.97 Å². The first-order valence-electron chi connectivity index (χ1n) is 6.01. The first kappa shape index (κ1) is 16.5. The Balaban J connectivity index is 0.00000200. The van der Waals surface area contributed by atoms with Gasteiger partial charge in [0.1, 0.15) is 0 Å². The standard InChI is InChI=1S/C15H15NO2S.ClH/c1-18-15(17)13-7-2-3-8-14(13)19-11-9-12-6-4-5-10-16-12;/h2-8,10H,9,11H2,1H3;1H. The molecule has 0 aliphatic rings. The SMILES string of the molecule is COC(=O)c1ccccc1SCCc1ccccn1.Cl. The molecule has 0 unspecified atom stereocenters. The Morgan fingerprint density at radius 2 is 1.95 bits per heavy atom. The van der Waals surface area contributed by atoms with E-state index in [1.165, 1.54) is 7.11 Å². The molecule has 0 aliphatic heterocycles. The van der Waals surface area contributed by atoms with Gasteiger partial charge in [-0.1, -0.05) is 18.2 Å². The van der Waals surface area contributed by atoms with E-state index in [-0.39, 0.29) is 18.4 Å². The van der Waals surface area contributed by atoms with Crippen LogP contribution in [0.2, 0.25) is 0 Å². The molecule has 2 rings (SSSR count). The fraction of sp³-hybridized carbons (Fsp3) is 0.200. The summed E-state index contributed by atoms with van der Waals surface area (Å²) in [6.07, 6.45) is 2.67. The summed E-state index contributed by atoms with van der Waals surface area (Å²) in [5.41, 5.74) is 1.68. The number of halogens is 1. The smallest absolute Gasteiger partial charge is 0.338 e. The van der Waals surface area contributed by atoms with Crippen LogP contribution in [0.3, 0.4) is 0 Å². The molecule has 0 radical (unpaired) electrons. The molecule has 106 valence electrons. The first-order chi connectivity index (χ1) is 9.31. The molecule has 0 aliphatic carbocycles. The Bertz CT molecular complexity index is 549. The zero-order chi connectivity index (χ0) is 13.5. The Morgan fingerprint density at radius 1 is 1.20 bits per heavy atom. The lowest BCUT2D eigenvalue weighted by atomic mass is 10.2. The molecule has 0 amide bonds. The second kappa shape index (κ2) is 8.61. The van der Waals surface area contributed by atoms with Crippen LogP contribution in [0.4, 0.5) is 0 Å². The molecule has 1 aromatic carbocycles. The van der Waals surface area contributed by atoms with Gasteiger partial charge in [0.2, 0.25) is 0 Å². The lowest BCUT2D eigenvalue weighted by Crippen LogP contribution is -2.03. The third-order valence-electron chi connectivity index (χ3n) is 2.63. The predicted molar refractivity (Wildman–Crippen MR) is 83.7 cm³/mol. The minimum absolute atomic E-state index is 0. The number of ether oxygens (including phenoxy) is 1. The van der Waals surface area contributed by atoms with E-state index in [1.54, 1.807) is 24.0 Å². The number of carbonyl (C=O) groups excluding carboxylic acids is 1. The second-order valence-corrected chi connectivity index (χ2v) is 5.04. The van der Waals surface area contributed by atoms with E-state index in [0.717, 1.165) is 22.8 Å². The molecule has 20 heavy (non-hydrogen) atoms. The lowest BCUT2D eigenvalue weighted by molar-refractivity contribution is 0.0597. The summed E-state index contributed by atoms with van der Waals surface area (Å²) in [4.78, 5) is 16.8. The Kier molecular flexibility index (Phi) is 7.12. The van der Waals surface area contributed by atoms with Crippen molar-refractivity contribution in [2.45, 2.75) is 11.3 Å². The van der Waals surface area contributed by atoms with Gasteiger partial charge < -0.3 is 4.74 Å². The minimum atomic E-state index is -0.291. The van der Waals surface area contributed by atoms with Crippen LogP contribution < -0.4 is 0 Å². The van der Waals surface area contributed by atoms with E-state index in [9.17, 15) is 4.79 Å². The van der Waals surface area contributed by atoms with Gasteiger partial charge in [0.15, 0.2) is 0 Å². The number of hydrogen-bond acceptors (Lipinski definition) is 4. The normalized spacial score (nSPS) is 9.65. The first-order valence-corrected chi connectivity index (χ1v) is 7.00. The van der Waals surface area contributed by atoms with Crippen molar-refractivity contribution in [2.75, 3.05) is 12.9 Å². The zero-order valence-corrected chi connectivity index (χ0v) is 12.7. The number of benzene rings is 1. The van der Waals surface area contributed by atoms with E-state index in [1.807, 2.05) is 36.4 Å². The number of nitrogens with zero attached hydrogens (tertiary/aromatic N) is 1. The number of carbonyl (C=O) groups is 1. The van der Waals surface area contributed by atoms with Crippen molar-refractivity contribution in [2.24, 2.45) is 0 Å². The van der Waals surface area contributed by atoms with Crippen LogP contribution in [-0.4, -0.2) is 23.8 Å². The van der Waals surface area contributed by atoms with Gasteiger partial charge in [0.25, 0.3) is 0 Å². The van der Waals surface area contributed by atoms with Crippen LogP contribution in [0.15, 0.2) is 53.6 Å². The molecule has 0 saturated carbocycles. The van der Waals surface area contributed by atoms with Crippen LogP contribution in [0.25, 0.3) is 0 Å². The van der Waals surface area contributed by atoms with E-state index >= 15 is 0 Å². The van der Waals surface area contributed by atoms with Crippen LogP contribution in [-0.2, 0) is 11.2 Å². The van der Waals surface area contributed by atoms with Crippen molar-refractivity contribution in [3.05, 3.63) is 59.9 Å². The van der Waals surface area contributed by atoms with Crippen LogP contribution in [0.5, 0.6) is 0 Å². The fourth-order valence-electron chi connectivity index (χ4n) is 1.68. The topological polar surface area (TPSA) is 39.2 Å². The highest BCUT2D eigenvalue weighted by Gasteiger charge is 2.10. The molecule has 1 heterocycles. The predicted octanol–water partition coefficient (Wildman–Crippen LogP) is 3.62. The fourth-order valence-corrected chi connectivity index (χ4v) is 2.70. The molecule has 1 aromatic heterocycles. The Morgan fingerprint density at radius 3 is 2.65 bits per heavy atom. The van der Waals surface area contributed by atoms with E-state index in [0.29, 0.717) is 5.56 Å². The lowest BCUT2D eigenvalue weighted by Gasteiger charge is -2.07. The van der Waals surface area contributed by atoms with Gasteiger partial charge in [-0.3, -0.25) is 4.98 Å². The zero-order valence-electron chi connectivity index (χ0n) is 11.1. The average molecular weight is 310 g/mol. The largest absolute Gasteiger partial charge is 0.465 e. The van der Waals surface area contributed by atoms with Gasteiger partial charge in [-0.2, -0.15) is 0 Å². The maximum atomic E-state index is 11.6. The van der Waals surface area contributed by atoms with Crippen molar-refractivity contribution in [3.63, 3.8) is 0 Å². The average Bonchev–Trinajstić information content (AvgIpc) is 2.48. The number of aromatic nitrogens is 1. The maximum absolute atomic E-state index is 11.6. The van der Waals surface area contributed by atoms with Crippen LogP contribution >= 0.6 is 24.2 Å². The number of hydrogen-bond donors (Lipinski definition) is 0. The van der Waals surface area contributed by atoms with Crippen LogP contribution in [0.1, 0.15) is 16.1 Å². The van der Waals surface area contributed by atoms with Crippen molar-refractivity contribution in [1.82, 2.24) is 4.98 Å². The van der Waals surface area contributed by atoms with Gasteiger partial charge in [0.05, 0.1) is 12.7 Å². The molecule has 5 heteroatoms. The van der Waals surface area contributed by atoms with Gasteiger partial charge in [-0.05, 0) is 30.7 Å². The third-order valence-corrected chi connectivity index (χ3v) is 3.71. The number of aryl methyl sites for hydroxylation is 1. The summed E-state index contributed by atoms with van der Waals surface area (Å²) in [7, 11) is 1.40. The summed E-state index contributed by atoms with van der Waals surface area (Å²) in [5, 5.41) is 0. The minimum Gasteiger partial charge on any atom is -0.465 e. The summed E-state index contributed by atoms with van der Waals surface area (Å²) in [6, 6.07) is 13.4. The molecule has 2 aromatic rings. The Hall–Kier alpha value is -1.52. The number of esters is 1. The number of rotatable bonds is 5. The summed E-state index contributed by atoms with van der Waals surface area (Å²) >= 11 is 1.64. The quantitative estimate of drug-likeness (QED) is 0.624. The van der Waals surface area contributed by atoms with Crippen LogP contribution in [0, 0.1) is 0 Å². The van der Waals surface area contributed by atoms with E-state index in [2.05, 4.69) is 4.98 Å². The number of thioether (sulfide) groups is 1. The van der Waals surface area contributed by atoms with E-state index < -0.39 is 0 Å². The highest BCUT2D eigenvalue weighted by Crippen LogP contribution is 2.23. The molecule has 0 saturated heterocycles. The summed E-state index contributed by atoms with van der Waals surface area (Å²) in [6.45, 7) is 0. The van der Waals surface area contributed by atoms with Gasteiger partial charge in [0, 0.05) is 22.5 Å². The van der Waals surface area contributed by atoms with Crippen molar-refractivity contribution in [3.8, 4) is 0 Å². The van der Waals surface area contributed by atoms with Gasteiger partial charge in [-0.25, -0.2) is 4.79 Å².